The van der Waals surface area contributed by atoms with Crippen molar-refractivity contribution in [3.63, 3.8) is 0 Å². The summed E-state index contributed by atoms with van der Waals surface area (Å²) in [4.78, 5) is 55.2. The second-order valence-corrected chi connectivity index (χ2v) is 11.7. The van der Waals surface area contributed by atoms with Crippen LogP contribution in [0.15, 0.2) is 34.1 Å². The van der Waals surface area contributed by atoms with Crippen LogP contribution in [0.2, 0.25) is 0 Å². The lowest BCUT2D eigenvalue weighted by atomic mass is 9.68. The van der Waals surface area contributed by atoms with Crippen molar-refractivity contribution in [3.05, 3.63) is 44.4 Å². The van der Waals surface area contributed by atoms with Gasteiger partial charge in [-0.05, 0) is 36.7 Å². The first kappa shape index (κ1) is 21.9. The summed E-state index contributed by atoms with van der Waals surface area (Å²) in [5.74, 6) is -1.06. The van der Waals surface area contributed by atoms with E-state index in [0.717, 1.165) is 27.6 Å². The highest BCUT2D eigenvalue weighted by Crippen LogP contribution is 2.68. The third-order valence-electron chi connectivity index (χ3n) is 8.06. The van der Waals surface area contributed by atoms with E-state index in [9.17, 15) is 19.2 Å². The van der Waals surface area contributed by atoms with Gasteiger partial charge in [0.25, 0.3) is 0 Å². The van der Waals surface area contributed by atoms with E-state index in [4.69, 9.17) is 9.84 Å². The van der Waals surface area contributed by atoms with E-state index in [2.05, 4.69) is 4.98 Å². The molecule has 1 aromatic carbocycles. The lowest BCUT2D eigenvalue weighted by Crippen LogP contribution is -2.42. The maximum Gasteiger partial charge on any atom is 0.305 e. The predicted octanol–water partition coefficient (Wildman–Crippen LogP) is 2.78. The molecule has 0 radical (unpaired) electrons. The van der Waals surface area contributed by atoms with Gasteiger partial charge in [-0.3, -0.25) is 24.1 Å². The number of rotatable bonds is 6. The number of para-hydroxylation sites is 1. The molecule has 2 N–H and O–H groups in total. The van der Waals surface area contributed by atoms with E-state index in [-0.39, 0.29) is 76.8 Å². The Morgan fingerprint density at radius 2 is 1.91 bits per heavy atom. The number of nitrogens with zero attached hydrogens (tertiary/aromatic N) is 1. The number of imide groups is 1. The number of carboxylic acid groups (broad SMARTS) is 1. The third-order valence-corrected chi connectivity index (χ3v) is 10.6. The smallest absolute Gasteiger partial charge is 0.305 e. The Bertz CT molecular complexity index is 1250. The maximum absolute atomic E-state index is 13.4. The lowest BCUT2D eigenvalue weighted by molar-refractivity contribution is -0.142. The van der Waals surface area contributed by atoms with Crippen LogP contribution in [-0.2, 0) is 14.4 Å². The van der Waals surface area contributed by atoms with Crippen molar-refractivity contribution >= 4 is 40.9 Å². The predicted molar refractivity (Wildman–Crippen MR) is 125 cm³/mol. The summed E-state index contributed by atoms with van der Waals surface area (Å²) in [5.41, 5.74) is 1.01. The largest absolute Gasteiger partial charge is 0.496 e. The van der Waals surface area contributed by atoms with Gasteiger partial charge in [0, 0.05) is 34.6 Å². The number of aromatic amines is 1. The molecule has 6 rings (SSSR count). The van der Waals surface area contributed by atoms with Gasteiger partial charge in [0.1, 0.15) is 5.75 Å². The molecule has 8 nitrogen and oxygen atoms in total. The number of benzene rings is 1. The summed E-state index contributed by atoms with van der Waals surface area (Å²) >= 11 is 2.88. The first-order chi connectivity index (χ1) is 16.4. The summed E-state index contributed by atoms with van der Waals surface area (Å²) in [6, 6.07) is 7.84. The number of aliphatic carboxylic acids is 1. The van der Waals surface area contributed by atoms with Gasteiger partial charge in [0.05, 0.1) is 24.0 Å². The molecule has 2 saturated carbocycles. The zero-order chi connectivity index (χ0) is 23.7. The van der Waals surface area contributed by atoms with Crippen LogP contribution in [0.4, 0.5) is 0 Å². The van der Waals surface area contributed by atoms with E-state index >= 15 is 0 Å². The Kier molecular flexibility index (Phi) is 5.14. The van der Waals surface area contributed by atoms with Gasteiger partial charge in [0.2, 0.25) is 11.8 Å². The minimum absolute atomic E-state index is 0.0358. The van der Waals surface area contributed by atoms with Crippen molar-refractivity contribution in [2.24, 2.45) is 29.6 Å². The molecular formula is C24H24N2O6S2. The van der Waals surface area contributed by atoms with Crippen molar-refractivity contribution in [1.29, 1.82) is 0 Å². The van der Waals surface area contributed by atoms with Crippen molar-refractivity contribution in [1.82, 2.24) is 9.88 Å². The number of amides is 2. The number of fused-ring (bicyclic) bond motifs is 9. The van der Waals surface area contributed by atoms with E-state index in [0.29, 0.717) is 0 Å². The number of hydrogen-bond donors (Lipinski definition) is 2. The lowest BCUT2D eigenvalue weighted by Gasteiger charge is -2.43. The summed E-state index contributed by atoms with van der Waals surface area (Å²) in [5, 5.41) is 9.94. The van der Waals surface area contributed by atoms with Crippen molar-refractivity contribution < 1.29 is 24.2 Å². The Hall–Kier alpha value is -2.59. The molecular weight excluding hydrogens is 476 g/mol. The Morgan fingerprint density at radius 3 is 2.65 bits per heavy atom. The molecule has 2 aliphatic heterocycles. The molecule has 34 heavy (non-hydrogen) atoms. The first-order valence-electron chi connectivity index (χ1n) is 11.5. The van der Waals surface area contributed by atoms with E-state index in [1.807, 2.05) is 24.3 Å². The monoisotopic (exact) mass is 500 g/mol. The van der Waals surface area contributed by atoms with Crippen LogP contribution >= 0.6 is 23.1 Å². The fourth-order valence-electron chi connectivity index (χ4n) is 6.96. The molecule has 178 valence electrons. The zero-order valence-corrected chi connectivity index (χ0v) is 20.1. The second kappa shape index (κ2) is 7.98. The minimum Gasteiger partial charge on any atom is -0.496 e. The van der Waals surface area contributed by atoms with Crippen LogP contribution in [-0.4, -0.2) is 51.7 Å². The van der Waals surface area contributed by atoms with Gasteiger partial charge >= 0.3 is 10.8 Å². The fourth-order valence-corrected chi connectivity index (χ4v) is 9.84. The van der Waals surface area contributed by atoms with Gasteiger partial charge in [-0.25, -0.2) is 0 Å². The van der Waals surface area contributed by atoms with Crippen LogP contribution in [0.1, 0.15) is 35.6 Å². The van der Waals surface area contributed by atoms with E-state index in [1.54, 1.807) is 18.9 Å². The topological polar surface area (TPSA) is 117 Å². The number of likely N-dealkylation sites (tertiary alicyclic amines) is 1. The van der Waals surface area contributed by atoms with Crippen LogP contribution in [0.25, 0.3) is 0 Å². The number of thiazole rings is 1. The highest BCUT2D eigenvalue weighted by Gasteiger charge is 2.69. The Morgan fingerprint density at radius 1 is 1.18 bits per heavy atom. The Balaban J connectivity index is 1.39. The Labute approximate surface area is 203 Å². The highest BCUT2D eigenvalue weighted by molar-refractivity contribution is 8.00. The van der Waals surface area contributed by atoms with Crippen LogP contribution < -0.4 is 9.61 Å². The molecule has 4 aliphatic rings. The number of carboxylic acids is 1. The molecule has 3 heterocycles. The number of ether oxygens (including phenoxy) is 1. The third kappa shape index (κ3) is 3.04. The molecule has 2 amide bonds. The highest BCUT2D eigenvalue weighted by atomic mass is 32.2. The molecule has 1 saturated heterocycles. The number of H-pyrrole nitrogens is 1. The number of aromatic nitrogens is 1. The number of methoxy groups -OCH3 is 1. The molecule has 3 fully saturated rings. The van der Waals surface area contributed by atoms with Crippen molar-refractivity contribution in [2.45, 2.75) is 35.5 Å². The average molecular weight is 501 g/mol. The number of nitrogens with one attached hydrogen (secondary N) is 1. The average Bonchev–Trinajstić information content (AvgIpc) is 3.54. The van der Waals surface area contributed by atoms with Crippen molar-refractivity contribution in [2.75, 3.05) is 13.7 Å². The number of carbonyl (C=O) groups excluding carboxylic acids is 2. The van der Waals surface area contributed by atoms with Crippen LogP contribution in [0.5, 0.6) is 5.75 Å². The summed E-state index contributed by atoms with van der Waals surface area (Å²) in [7, 11) is 1.64. The maximum atomic E-state index is 13.4. The molecule has 2 bridgehead atoms. The fraction of sp³-hybridized carbons (Fsp3) is 0.500. The van der Waals surface area contributed by atoms with Gasteiger partial charge in [-0.1, -0.05) is 29.5 Å². The summed E-state index contributed by atoms with van der Waals surface area (Å²) in [6.07, 6.45) is 1.03. The molecule has 2 aliphatic carbocycles. The van der Waals surface area contributed by atoms with Crippen LogP contribution in [0, 0.1) is 29.6 Å². The molecule has 2 aromatic rings. The molecule has 0 unspecified atom stereocenters. The molecule has 0 spiro atoms. The van der Waals surface area contributed by atoms with Crippen LogP contribution in [0.3, 0.4) is 0 Å². The molecule has 1 aromatic heterocycles. The second-order valence-electron chi connectivity index (χ2n) is 9.53. The van der Waals surface area contributed by atoms with Gasteiger partial charge in [-0.15, -0.1) is 11.8 Å². The van der Waals surface area contributed by atoms with E-state index < -0.39 is 5.97 Å². The standard InChI is InChI=1S/C24H24N2O6S2/c1-32-13-6-3-2-5-10(13)15-16-11-9-12(19(16)33-21-20(15)34-24(31)25-21)18-17(11)22(29)26(23(18)30)8-4-7-14(27)28/h2-3,5-6,11-12,15-19H,4,7-9H2,1H3,(H,25,31)(H,27,28)/t11-,12+,15-,16+,17+,18+,19-/m0/s1. The number of hydrogen-bond acceptors (Lipinski definition) is 7. The van der Waals surface area contributed by atoms with Gasteiger partial charge in [0.15, 0.2) is 0 Å². The summed E-state index contributed by atoms with van der Waals surface area (Å²) in [6.45, 7) is 0.162. The first-order valence-corrected chi connectivity index (χ1v) is 13.2. The quantitative estimate of drug-likeness (QED) is 0.586. The van der Waals surface area contributed by atoms with Gasteiger partial charge < -0.3 is 14.8 Å². The van der Waals surface area contributed by atoms with E-state index in [1.165, 1.54) is 16.2 Å². The van der Waals surface area contributed by atoms with Gasteiger partial charge in [-0.2, -0.15) is 0 Å². The molecule has 7 atom stereocenters. The minimum atomic E-state index is -0.929. The zero-order valence-electron chi connectivity index (χ0n) is 18.4. The van der Waals surface area contributed by atoms with Crippen molar-refractivity contribution in [3.8, 4) is 5.75 Å². The number of carbonyl (C=O) groups is 3. The normalized spacial score (nSPS) is 33.1. The SMILES string of the molecule is COc1ccccc1[C@@H]1c2sc(=O)[nH]c2S[C@H]2[C@@H]3C[C@H]([C@H]4C(=O)N(CCCC(=O)O)C(=O)[C@H]34)[C@H]12. The molecule has 10 heteroatoms. The summed E-state index contributed by atoms with van der Waals surface area (Å²) < 4.78 is 5.69. The number of thioether (sulfide) groups is 1.